The zero-order valence-electron chi connectivity index (χ0n) is 15.4. The van der Waals surface area contributed by atoms with Crippen molar-refractivity contribution in [3.8, 4) is 0 Å². The van der Waals surface area contributed by atoms with Crippen molar-refractivity contribution in [2.45, 2.75) is 18.2 Å². The number of halogens is 1. The highest BCUT2D eigenvalue weighted by Crippen LogP contribution is 2.32. The van der Waals surface area contributed by atoms with Gasteiger partial charge in [0.1, 0.15) is 5.76 Å². The zero-order chi connectivity index (χ0) is 21.1. The summed E-state index contributed by atoms with van der Waals surface area (Å²) in [5.41, 5.74) is 0.487. The number of rotatable bonds is 6. The number of hydrogen-bond acceptors (Lipinski definition) is 8. The van der Waals surface area contributed by atoms with Crippen LogP contribution in [0.25, 0.3) is 0 Å². The molecular weight excluding hydrogens is 448 g/mol. The summed E-state index contributed by atoms with van der Waals surface area (Å²) in [5, 5.41) is 11.4. The van der Waals surface area contributed by atoms with Crippen LogP contribution in [0.15, 0.2) is 57.3 Å². The fourth-order valence-corrected chi connectivity index (χ4v) is 4.65. The van der Waals surface area contributed by atoms with Gasteiger partial charge >= 0.3 is 0 Å². The molecule has 2 fully saturated rings. The van der Waals surface area contributed by atoms with Crippen molar-refractivity contribution in [3.63, 3.8) is 0 Å². The van der Waals surface area contributed by atoms with Gasteiger partial charge in [0.15, 0.2) is 16.1 Å². The third-order valence-corrected chi connectivity index (χ3v) is 6.55. The minimum Gasteiger partial charge on any atom is -0.467 e. The fourth-order valence-electron chi connectivity index (χ4n) is 2.81. The fraction of sp³-hybridized carbons (Fsp3) is 0.211. The molecule has 3 heterocycles. The second-order valence-corrected chi connectivity index (χ2v) is 8.94. The van der Waals surface area contributed by atoms with Gasteiger partial charge in [-0.3, -0.25) is 19.3 Å². The molecule has 0 saturated carbocycles. The van der Waals surface area contributed by atoms with E-state index in [9.17, 15) is 14.4 Å². The molecule has 0 bridgehead atoms. The Labute approximate surface area is 185 Å². The predicted molar refractivity (Wildman–Crippen MR) is 117 cm³/mol. The summed E-state index contributed by atoms with van der Waals surface area (Å²) < 4.78 is 5.35. The van der Waals surface area contributed by atoms with Crippen LogP contribution in [-0.4, -0.2) is 43.8 Å². The molecule has 30 heavy (non-hydrogen) atoms. The Morgan fingerprint density at radius 2 is 2.03 bits per heavy atom. The second kappa shape index (κ2) is 9.07. The number of carbonyl (C=O) groups is 3. The summed E-state index contributed by atoms with van der Waals surface area (Å²) in [6, 6.07) is 10.0. The van der Waals surface area contributed by atoms with Crippen LogP contribution in [0.5, 0.6) is 0 Å². The Morgan fingerprint density at radius 3 is 2.70 bits per heavy atom. The molecule has 0 spiro atoms. The van der Waals surface area contributed by atoms with Gasteiger partial charge in [-0.05, 0) is 36.4 Å². The maximum absolute atomic E-state index is 13.0. The highest BCUT2D eigenvalue weighted by atomic mass is 35.5. The van der Waals surface area contributed by atoms with E-state index in [4.69, 9.17) is 16.0 Å². The maximum Gasteiger partial charge on any atom is 0.243 e. The lowest BCUT2D eigenvalue weighted by Crippen LogP contribution is -2.32. The van der Waals surface area contributed by atoms with Gasteiger partial charge in [0.05, 0.1) is 23.8 Å². The van der Waals surface area contributed by atoms with Crippen molar-refractivity contribution in [3.05, 3.63) is 59.0 Å². The van der Waals surface area contributed by atoms with Gasteiger partial charge in [-0.15, -0.1) is 10.2 Å². The van der Waals surface area contributed by atoms with Crippen molar-refractivity contribution in [1.82, 2.24) is 10.2 Å². The van der Waals surface area contributed by atoms with Crippen molar-refractivity contribution in [2.24, 2.45) is 10.2 Å². The van der Waals surface area contributed by atoms with Crippen LogP contribution in [0, 0.1) is 0 Å². The summed E-state index contributed by atoms with van der Waals surface area (Å²) >= 11 is 8.28. The number of hydrogen-bond donors (Lipinski definition) is 1. The number of benzene rings is 1. The van der Waals surface area contributed by atoms with Gasteiger partial charge in [-0.25, -0.2) is 0 Å². The Kier molecular flexibility index (Phi) is 6.26. The summed E-state index contributed by atoms with van der Waals surface area (Å²) in [7, 11) is 0. The lowest BCUT2D eigenvalue weighted by Gasteiger charge is -2.14. The van der Waals surface area contributed by atoms with Crippen LogP contribution in [0.3, 0.4) is 0 Å². The minimum absolute atomic E-state index is 0.0147. The molecule has 1 N–H and O–H groups in total. The third-order valence-electron chi connectivity index (χ3n) is 4.26. The Bertz CT molecular complexity index is 1040. The number of ketones is 1. The van der Waals surface area contributed by atoms with Crippen molar-refractivity contribution < 1.29 is 18.8 Å². The first-order valence-corrected chi connectivity index (χ1v) is 11.1. The van der Waals surface area contributed by atoms with Crippen molar-refractivity contribution >= 4 is 63.1 Å². The summed E-state index contributed by atoms with van der Waals surface area (Å²) in [5.74, 6) is 0.303. The lowest BCUT2D eigenvalue weighted by molar-refractivity contribution is -0.126. The minimum atomic E-state index is -0.632. The van der Waals surface area contributed by atoms with Crippen molar-refractivity contribution in [2.75, 3.05) is 5.75 Å². The highest BCUT2D eigenvalue weighted by molar-refractivity contribution is 8.15. The molecule has 8 nitrogen and oxygen atoms in total. The molecule has 2 saturated heterocycles. The Hall–Kier alpha value is -2.56. The monoisotopic (exact) mass is 462 g/mol. The molecule has 154 valence electrons. The van der Waals surface area contributed by atoms with Crippen LogP contribution in [-0.2, 0) is 16.1 Å². The number of thioether (sulfide) groups is 2. The number of nitrogens with zero attached hydrogens (tertiary/aromatic N) is 3. The van der Waals surface area contributed by atoms with Crippen LogP contribution >= 0.6 is 35.1 Å². The van der Waals surface area contributed by atoms with E-state index in [-0.39, 0.29) is 36.3 Å². The van der Waals surface area contributed by atoms with Gasteiger partial charge in [0, 0.05) is 17.0 Å². The number of carbonyl (C=O) groups excluding carboxylic acids is 3. The summed E-state index contributed by atoms with van der Waals surface area (Å²) in [4.78, 5) is 38.4. The predicted octanol–water partition coefficient (Wildman–Crippen LogP) is 3.14. The Morgan fingerprint density at radius 1 is 1.23 bits per heavy atom. The van der Waals surface area contributed by atoms with Gasteiger partial charge < -0.3 is 9.73 Å². The molecule has 0 radical (unpaired) electrons. The van der Waals surface area contributed by atoms with Crippen LogP contribution in [0.1, 0.15) is 22.5 Å². The number of amidine groups is 2. The van der Waals surface area contributed by atoms with Gasteiger partial charge in [0.25, 0.3) is 0 Å². The molecule has 2 aliphatic heterocycles. The number of amides is 2. The molecule has 2 amide bonds. The first-order valence-electron chi connectivity index (χ1n) is 8.87. The number of furan rings is 1. The van der Waals surface area contributed by atoms with E-state index in [1.807, 2.05) is 0 Å². The van der Waals surface area contributed by atoms with Crippen LogP contribution in [0.2, 0.25) is 5.02 Å². The second-order valence-electron chi connectivity index (χ2n) is 6.37. The molecule has 1 aromatic heterocycles. The number of Topliss-reactive ketones (excluding diaryl/α,β-unsaturated/α-hetero) is 1. The van der Waals surface area contributed by atoms with E-state index >= 15 is 0 Å². The van der Waals surface area contributed by atoms with Crippen LogP contribution in [0.4, 0.5) is 0 Å². The topological polar surface area (TPSA) is 104 Å². The molecule has 2 aromatic rings. The summed E-state index contributed by atoms with van der Waals surface area (Å²) in [6.45, 7) is 0.174. The average molecular weight is 463 g/mol. The molecular formula is C19H15ClN4O4S2. The molecule has 2 aliphatic rings. The highest BCUT2D eigenvalue weighted by Gasteiger charge is 2.40. The quantitative estimate of drug-likeness (QED) is 0.522. The van der Waals surface area contributed by atoms with E-state index < -0.39 is 5.25 Å². The Balaban J connectivity index is 1.53. The smallest absolute Gasteiger partial charge is 0.243 e. The first-order chi connectivity index (χ1) is 14.5. The van der Waals surface area contributed by atoms with Gasteiger partial charge in [-0.1, -0.05) is 35.1 Å². The van der Waals surface area contributed by atoms with E-state index in [2.05, 4.69) is 15.5 Å². The van der Waals surface area contributed by atoms with E-state index in [0.29, 0.717) is 26.7 Å². The van der Waals surface area contributed by atoms with Gasteiger partial charge in [-0.2, -0.15) is 0 Å². The molecule has 0 aliphatic carbocycles. The normalized spacial score (nSPS) is 21.6. The van der Waals surface area contributed by atoms with Gasteiger partial charge in [0.2, 0.25) is 11.8 Å². The average Bonchev–Trinajstić information content (AvgIpc) is 3.45. The standard InChI is InChI=1S/C19H15ClN4O4S2/c20-12-5-3-11(4-6-12)14(25)8-15-17(27)24(9-13-2-1-7-28-13)19(30-15)23-22-18-21-16(26)10-29-18/h1-7,15H,8-10H2,(H,21,22,26)/b23-19+/t15-/m0/s1. The van der Waals surface area contributed by atoms with Crippen LogP contribution < -0.4 is 5.32 Å². The van der Waals surface area contributed by atoms with E-state index in [0.717, 1.165) is 0 Å². The molecule has 1 aromatic carbocycles. The molecule has 11 heteroatoms. The third kappa shape index (κ3) is 4.77. The lowest BCUT2D eigenvalue weighted by atomic mass is 10.1. The van der Waals surface area contributed by atoms with E-state index in [1.165, 1.54) is 34.7 Å². The van der Waals surface area contributed by atoms with Crippen molar-refractivity contribution in [1.29, 1.82) is 0 Å². The molecule has 4 rings (SSSR count). The SMILES string of the molecule is O=C1CSC(=N/N=C2/S[C@@H](CC(=O)c3ccc(Cl)cc3)C(=O)N2Cc2ccco2)N1. The first kappa shape index (κ1) is 20.7. The summed E-state index contributed by atoms with van der Waals surface area (Å²) in [6.07, 6.45) is 1.53. The largest absolute Gasteiger partial charge is 0.467 e. The molecule has 0 unspecified atom stereocenters. The molecule has 1 atom stereocenters. The maximum atomic E-state index is 13.0. The van der Waals surface area contributed by atoms with E-state index in [1.54, 1.807) is 36.4 Å². The zero-order valence-corrected chi connectivity index (χ0v) is 17.8. The number of nitrogens with one attached hydrogen (secondary N) is 1.